The molecule has 0 unspecified atom stereocenters. The summed E-state index contributed by atoms with van der Waals surface area (Å²) in [5, 5.41) is 11.6. The maximum atomic E-state index is 12.0. The Morgan fingerprint density at radius 3 is 2.85 bits per heavy atom. The first-order chi connectivity index (χ1) is 13.0. The Morgan fingerprint density at radius 1 is 1.19 bits per heavy atom. The van der Waals surface area contributed by atoms with E-state index in [1.54, 1.807) is 37.0 Å². The molecule has 0 saturated heterocycles. The highest BCUT2D eigenvalue weighted by atomic mass is 32.2. The van der Waals surface area contributed by atoms with Crippen molar-refractivity contribution in [3.05, 3.63) is 82.0 Å². The first kappa shape index (κ1) is 17.4. The lowest BCUT2D eigenvalue weighted by molar-refractivity contribution is 0.468. The number of benzene rings is 2. The van der Waals surface area contributed by atoms with Crippen molar-refractivity contribution in [1.82, 2.24) is 9.55 Å². The number of phenolic OH excluding ortho intramolecular Hbond substituents is 1. The zero-order chi connectivity index (χ0) is 19.0. The van der Waals surface area contributed by atoms with Gasteiger partial charge in [-0.25, -0.2) is 9.78 Å². The van der Waals surface area contributed by atoms with Gasteiger partial charge < -0.3 is 9.52 Å². The molecule has 0 aliphatic heterocycles. The van der Waals surface area contributed by atoms with Crippen molar-refractivity contribution in [2.45, 2.75) is 24.8 Å². The molecule has 0 aliphatic carbocycles. The lowest BCUT2D eigenvalue weighted by Gasteiger charge is -2.10. The topological polar surface area (TPSA) is 68.3 Å². The van der Waals surface area contributed by atoms with Crippen LogP contribution in [0.3, 0.4) is 0 Å². The fourth-order valence-electron chi connectivity index (χ4n) is 3.05. The summed E-state index contributed by atoms with van der Waals surface area (Å²) in [6.07, 6.45) is 3.70. The summed E-state index contributed by atoms with van der Waals surface area (Å²) in [5.74, 6) is 0.681. The van der Waals surface area contributed by atoms with E-state index in [4.69, 9.17) is 4.42 Å². The Hall–Kier alpha value is -2.99. The van der Waals surface area contributed by atoms with Gasteiger partial charge in [0.25, 0.3) is 0 Å². The number of rotatable bonds is 4. The molecule has 2 heterocycles. The molecule has 136 valence electrons. The van der Waals surface area contributed by atoms with Crippen LogP contribution in [-0.4, -0.2) is 14.7 Å². The van der Waals surface area contributed by atoms with Crippen LogP contribution in [0.25, 0.3) is 16.7 Å². The molecule has 2 aromatic heterocycles. The SMILES string of the molecule is Cc1cccc(-n2ccnc2SCc2cc(=O)oc3c(C)c(O)ccc23)c1. The van der Waals surface area contributed by atoms with Gasteiger partial charge in [0.15, 0.2) is 5.16 Å². The number of phenols is 1. The largest absolute Gasteiger partial charge is 0.508 e. The molecule has 2 aromatic carbocycles. The summed E-state index contributed by atoms with van der Waals surface area (Å²) in [6, 6.07) is 13.1. The number of aromatic nitrogens is 2. The monoisotopic (exact) mass is 378 g/mol. The second kappa shape index (κ2) is 6.96. The zero-order valence-electron chi connectivity index (χ0n) is 15.0. The molecule has 0 radical (unpaired) electrons. The molecule has 1 N–H and O–H groups in total. The Labute approximate surface area is 160 Å². The number of thioether (sulfide) groups is 1. The van der Waals surface area contributed by atoms with Crippen molar-refractivity contribution in [1.29, 1.82) is 0 Å². The van der Waals surface area contributed by atoms with E-state index >= 15 is 0 Å². The predicted molar refractivity (Wildman–Crippen MR) is 107 cm³/mol. The van der Waals surface area contributed by atoms with Crippen molar-refractivity contribution in [3.8, 4) is 11.4 Å². The number of hydrogen-bond acceptors (Lipinski definition) is 5. The van der Waals surface area contributed by atoms with E-state index in [1.165, 1.54) is 11.6 Å². The fraction of sp³-hybridized carbons (Fsp3) is 0.143. The molecule has 0 fully saturated rings. The van der Waals surface area contributed by atoms with E-state index in [0.29, 0.717) is 16.9 Å². The average Bonchev–Trinajstić information content (AvgIpc) is 3.12. The second-order valence-electron chi connectivity index (χ2n) is 6.38. The summed E-state index contributed by atoms with van der Waals surface area (Å²) in [6.45, 7) is 3.79. The van der Waals surface area contributed by atoms with Crippen LogP contribution in [0.4, 0.5) is 0 Å². The zero-order valence-corrected chi connectivity index (χ0v) is 15.8. The summed E-state index contributed by atoms with van der Waals surface area (Å²) in [7, 11) is 0. The van der Waals surface area contributed by atoms with Gasteiger partial charge in [-0.2, -0.15) is 0 Å². The summed E-state index contributed by atoms with van der Waals surface area (Å²) < 4.78 is 7.34. The van der Waals surface area contributed by atoms with E-state index in [1.807, 2.05) is 22.9 Å². The molecule has 0 aliphatic rings. The lowest BCUT2D eigenvalue weighted by Crippen LogP contribution is -2.01. The van der Waals surface area contributed by atoms with Gasteiger partial charge in [0.2, 0.25) is 0 Å². The third-order valence-electron chi connectivity index (χ3n) is 4.46. The molecule has 4 rings (SSSR count). The highest BCUT2D eigenvalue weighted by Crippen LogP contribution is 2.31. The number of aromatic hydroxyl groups is 1. The van der Waals surface area contributed by atoms with Crippen LogP contribution in [0.1, 0.15) is 16.7 Å². The van der Waals surface area contributed by atoms with Gasteiger partial charge >= 0.3 is 5.63 Å². The van der Waals surface area contributed by atoms with Crippen molar-refractivity contribution >= 4 is 22.7 Å². The van der Waals surface area contributed by atoms with E-state index in [0.717, 1.165) is 21.8 Å². The standard InChI is InChI=1S/C21H18N2O3S/c1-13-4-3-5-16(10-13)23-9-8-22-21(23)27-12-15-11-19(25)26-20-14(2)18(24)7-6-17(15)20/h3-11,24H,12H2,1-2H3. The summed E-state index contributed by atoms with van der Waals surface area (Å²) in [5.41, 5.74) is 3.66. The summed E-state index contributed by atoms with van der Waals surface area (Å²) >= 11 is 1.55. The second-order valence-corrected chi connectivity index (χ2v) is 7.33. The fourth-order valence-corrected chi connectivity index (χ4v) is 4.01. The first-order valence-electron chi connectivity index (χ1n) is 8.51. The van der Waals surface area contributed by atoms with Crippen molar-refractivity contribution in [3.63, 3.8) is 0 Å². The smallest absolute Gasteiger partial charge is 0.336 e. The van der Waals surface area contributed by atoms with Crippen LogP contribution in [0, 0.1) is 13.8 Å². The molecule has 0 saturated carbocycles. The summed E-state index contributed by atoms with van der Waals surface area (Å²) in [4.78, 5) is 16.4. The molecule has 5 nitrogen and oxygen atoms in total. The molecule has 27 heavy (non-hydrogen) atoms. The molecule has 4 aromatic rings. The van der Waals surface area contributed by atoms with Crippen molar-refractivity contribution in [2.24, 2.45) is 0 Å². The Balaban J connectivity index is 1.69. The van der Waals surface area contributed by atoms with Gasteiger partial charge in [-0.3, -0.25) is 4.57 Å². The van der Waals surface area contributed by atoms with E-state index < -0.39 is 5.63 Å². The minimum absolute atomic E-state index is 0.116. The van der Waals surface area contributed by atoms with Gasteiger partial charge in [-0.05, 0) is 49.2 Å². The molecule has 0 bridgehead atoms. The lowest BCUT2D eigenvalue weighted by atomic mass is 10.1. The van der Waals surface area contributed by atoms with Gasteiger partial charge in [0.05, 0.1) is 0 Å². The number of nitrogens with zero attached hydrogens (tertiary/aromatic N) is 2. The Morgan fingerprint density at radius 2 is 2.04 bits per heavy atom. The number of hydrogen-bond donors (Lipinski definition) is 1. The third kappa shape index (κ3) is 3.36. The van der Waals surface area contributed by atoms with Gasteiger partial charge in [-0.1, -0.05) is 23.9 Å². The van der Waals surface area contributed by atoms with E-state index in [-0.39, 0.29) is 5.75 Å². The number of aryl methyl sites for hydroxylation is 2. The molecule has 0 amide bonds. The van der Waals surface area contributed by atoms with E-state index in [2.05, 4.69) is 24.0 Å². The molecule has 0 atom stereocenters. The molecule has 0 spiro atoms. The van der Waals surface area contributed by atoms with Crippen LogP contribution in [0.2, 0.25) is 0 Å². The van der Waals surface area contributed by atoms with Crippen LogP contribution in [0.15, 0.2) is 69.2 Å². The van der Waals surface area contributed by atoms with Crippen molar-refractivity contribution in [2.75, 3.05) is 0 Å². The average molecular weight is 378 g/mol. The Bertz CT molecular complexity index is 1190. The predicted octanol–water partition coefficient (Wildman–Crippen LogP) is 4.59. The van der Waals surface area contributed by atoms with Gasteiger partial charge in [0, 0.05) is 40.8 Å². The van der Waals surface area contributed by atoms with E-state index in [9.17, 15) is 9.90 Å². The minimum Gasteiger partial charge on any atom is -0.508 e. The van der Waals surface area contributed by atoms with Crippen LogP contribution >= 0.6 is 11.8 Å². The van der Waals surface area contributed by atoms with Crippen molar-refractivity contribution < 1.29 is 9.52 Å². The van der Waals surface area contributed by atoms with Crippen LogP contribution in [-0.2, 0) is 5.75 Å². The maximum Gasteiger partial charge on any atom is 0.336 e. The Kier molecular flexibility index (Phi) is 4.49. The minimum atomic E-state index is -0.422. The van der Waals surface area contributed by atoms with Gasteiger partial charge in [-0.15, -0.1) is 0 Å². The normalized spacial score (nSPS) is 11.2. The van der Waals surface area contributed by atoms with Crippen LogP contribution < -0.4 is 5.63 Å². The quantitative estimate of drug-likeness (QED) is 0.415. The number of fused-ring (bicyclic) bond motifs is 1. The highest BCUT2D eigenvalue weighted by molar-refractivity contribution is 7.98. The number of imidazole rings is 1. The van der Waals surface area contributed by atoms with Gasteiger partial charge in [0.1, 0.15) is 11.3 Å². The highest BCUT2D eigenvalue weighted by Gasteiger charge is 2.13. The molecular weight excluding hydrogens is 360 g/mol. The first-order valence-corrected chi connectivity index (χ1v) is 9.50. The maximum absolute atomic E-state index is 12.0. The third-order valence-corrected chi connectivity index (χ3v) is 5.48. The molecular formula is C21H18N2O3S. The molecule has 6 heteroatoms. The van der Waals surface area contributed by atoms with Crippen LogP contribution in [0.5, 0.6) is 5.75 Å².